The van der Waals surface area contributed by atoms with Crippen LogP contribution in [0.5, 0.6) is 0 Å². The van der Waals surface area contributed by atoms with Gasteiger partial charge in [0.25, 0.3) is 0 Å². The monoisotopic (exact) mass is 401 g/mol. The minimum Gasteiger partial charge on any atom is -0.357 e. The molecule has 2 heterocycles. The zero-order chi connectivity index (χ0) is 19.9. The van der Waals surface area contributed by atoms with Gasteiger partial charge >= 0.3 is 0 Å². The number of nitrogens with zero attached hydrogens (tertiary/aromatic N) is 6. The Kier molecular flexibility index (Phi) is 6.65. The summed E-state index contributed by atoms with van der Waals surface area (Å²) in [5.41, 5.74) is 1.95. The van der Waals surface area contributed by atoms with Crippen LogP contribution in [0.4, 0.5) is 0 Å². The lowest BCUT2D eigenvalue weighted by Crippen LogP contribution is -2.38. The summed E-state index contributed by atoms with van der Waals surface area (Å²) >= 11 is 6.02. The lowest BCUT2D eigenvalue weighted by atomic mass is 10.2. The molecule has 0 spiro atoms. The molecule has 0 aliphatic rings. The Morgan fingerprint density at radius 1 is 1.39 bits per heavy atom. The van der Waals surface area contributed by atoms with E-state index in [0.717, 1.165) is 30.2 Å². The van der Waals surface area contributed by atoms with Gasteiger partial charge in [-0.1, -0.05) is 28.9 Å². The van der Waals surface area contributed by atoms with Crippen LogP contribution in [0.15, 0.2) is 46.2 Å². The van der Waals surface area contributed by atoms with Crippen LogP contribution in [0.1, 0.15) is 18.4 Å². The highest BCUT2D eigenvalue weighted by Crippen LogP contribution is 2.20. The number of halogens is 1. The molecule has 1 N–H and O–H groups in total. The van der Waals surface area contributed by atoms with Crippen LogP contribution < -0.4 is 5.32 Å². The molecule has 0 bridgehead atoms. The van der Waals surface area contributed by atoms with Crippen LogP contribution in [0.25, 0.3) is 11.4 Å². The van der Waals surface area contributed by atoms with Crippen molar-refractivity contribution in [3.05, 3.63) is 53.1 Å². The number of hydrogen-bond acceptors (Lipinski definition) is 5. The summed E-state index contributed by atoms with van der Waals surface area (Å²) in [6.45, 7) is 4.09. The maximum absolute atomic E-state index is 6.02. The molecule has 0 saturated carbocycles. The first kappa shape index (κ1) is 19.9. The van der Waals surface area contributed by atoms with Crippen molar-refractivity contribution < 1.29 is 4.52 Å². The van der Waals surface area contributed by atoms with Gasteiger partial charge in [0.05, 0.1) is 12.7 Å². The lowest BCUT2D eigenvalue weighted by molar-refractivity contribution is 0.380. The molecule has 0 radical (unpaired) electrons. The van der Waals surface area contributed by atoms with E-state index in [0.29, 0.717) is 29.7 Å². The predicted molar refractivity (Wildman–Crippen MR) is 109 cm³/mol. The van der Waals surface area contributed by atoms with Crippen LogP contribution >= 0.6 is 11.6 Å². The zero-order valence-electron chi connectivity index (χ0n) is 16.3. The lowest BCUT2D eigenvalue weighted by Gasteiger charge is -2.21. The highest BCUT2D eigenvalue weighted by Gasteiger charge is 2.10. The molecule has 0 unspecified atom stereocenters. The van der Waals surface area contributed by atoms with E-state index in [4.69, 9.17) is 16.1 Å². The van der Waals surface area contributed by atoms with Crippen molar-refractivity contribution in [3.8, 4) is 11.4 Å². The summed E-state index contributed by atoms with van der Waals surface area (Å²) in [6, 6.07) is 7.38. The minimum atomic E-state index is 0.530. The van der Waals surface area contributed by atoms with Gasteiger partial charge in [-0.05, 0) is 19.1 Å². The SMILES string of the molecule is CCNC(=NCCc1nc(-c2cccc(Cl)c2)no1)N(C)Cc1cnn(C)c1. The zero-order valence-corrected chi connectivity index (χ0v) is 17.0. The van der Waals surface area contributed by atoms with Crippen LogP contribution in [0.3, 0.4) is 0 Å². The fourth-order valence-corrected chi connectivity index (χ4v) is 2.92. The van der Waals surface area contributed by atoms with Crippen LogP contribution in [-0.4, -0.2) is 50.9 Å². The third-order valence-electron chi connectivity index (χ3n) is 4.01. The standard InChI is InChI=1S/C19H24ClN7O/c1-4-21-19(26(2)12-14-11-23-27(3)13-14)22-9-8-17-24-18(25-28-17)15-6-5-7-16(20)10-15/h5-7,10-11,13H,4,8-9,12H2,1-3H3,(H,21,22). The van der Waals surface area contributed by atoms with Crippen molar-refractivity contribution in [1.29, 1.82) is 0 Å². The first-order chi connectivity index (χ1) is 13.5. The van der Waals surface area contributed by atoms with Gasteiger partial charge in [0, 0.05) is 56.0 Å². The van der Waals surface area contributed by atoms with E-state index < -0.39 is 0 Å². The number of nitrogens with one attached hydrogen (secondary N) is 1. The number of aryl methyl sites for hydroxylation is 1. The van der Waals surface area contributed by atoms with Crippen molar-refractivity contribution in [3.63, 3.8) is 0 Å². The highest BCUT2D eigenvalue weighted by atomic mass is 35.5. The number of benzene rings is 1. The number of aliphatic imine (C=N–C) groups is 1. The number of aromatic nitrogens is 4. The normalized spacial score (nSPS) is 11.6. The summed E-state index contributed by atoms with van der Waals surface area (Å²) in [7, 11) is 3.91. The average Bonchev–Trinajstić information content (AvgIpc) is 3.30. The summed E-state index contributed by atoms with van der Waals surface area (Å²) in [6.07, 6.45) is 4.41. The molecule has 148 valence electrons. The van der Waals surface area contributed by atoms with Crippen LogP contribution in [0.2, 0.25) is 5.02 Å². The second-order valence-corrected chi connectivity index (χ2v) is 6.82. The number of rotatable bonds is 7. The van der Waals surface area contributed by atoms with E-state index in [1.165, 1.54) is 0 Å². The molecule has 0 saturated heterocycles. The maximum Gasteiger partial charge on any atom is 0.228 e. The molecule has 0 fully saturated rings. The maximum atomic E-state index is 6.02. The molecule has 0 atom stereocenters. The summed E-state index contributed by atoms with van der Waals surface area (Å²) in [5.74, 6) is 1.90. The van der Waals surface area contributed by atoms with Crippen molar-refractivity contribution in [2.75, 3.05) is 20.1 Å². The Morgan fingerprint density at radius 3 is 2.96 bits per heavy atom. The van der Waals surface area contributed by atoms with E-state index in [9.17, 15) is 0 Å². The Morgan fingerprint density at radius 2 is 2.25 bits per heavy atom. The van der Waals surface area contributed by atoms with Crippen molar-refractivity contribution in [2.24, 2.45) is 12.0 Å². The van der Waals surface area contributed by atoms with Crippen molar-refractivity contribution in [2.45, 2.75) is 19.9 Å². The van der Waals surface area contributed by atoms with Gasteiger partial charge in [-0.2, -0.15) is 10.1 Å². The average molecular weight is 402 g/mol. The minimum absolute atomic E-state index is 0.530. The molecular weight excluding hydrogens is 378 g/mol. The van der Waals surface area contributed by atoms with Crippen molar-refractivity contribution >= 4 is 17.6 Å². The molecule has 1 aromatic carbocycles. The Labute approximate surface area is 169 Å². The van der Waals surface area contributed by atoms with E-state index in [-0.39, 0.29) is 0 Å². The third kappa shape index (κ3) is 5.32. The highest BCUT2D eigenvalue weighted by molar-refractivity contribution is 6.30. The molecule has 8 nitrogen and oxygen atoms in total. The predicted octanol–water partition coefficient (Wildman–Crippen LogP) is 2.76. The number of guanidine groups is 1. The van der Waals surface area contributed by atoms with Gasteiger partial charge in [0.15, 0.2) is 5.96 Å². The van der Waals surface area contributed by atoms with E-state index in [1.807, 2.05) is 57.7 Å². The molecule has 9 heteroatoms. The molecule has 28 heavy (non-hydrogen) atoms. The van der Waals surface area contributed by atoms with Gasteiger partial charge in [0.2, 0.25) is 11.7 Å². The first-order valence-corrected chi connectivity index (χ1v) is 9.48. The summed E-state index contributed by atoms with van der Waals surface area (Å²) in [4.78, 5) is 11.2. The van der Waals surface area contributed by atoms with Gasteiger partial charge in [0.1, 0.15) is 0 Å². The topological polar surface area (TPSA) is 84.4 Å². The largest absolute Gasteiger partial charge is 0.357 e. The first-order valence-electron chi connectivity index (χ1n) is 9.10. The van der Waals surface area contributed by atoms with E-state index >= 15 is 0 Å². The second kappa shape index (κ2) is 9.36. The second-order valence-electron chi connectivity index (χ2n) is 6.39. The fraction of sp³-hybridized carbons (Fsp3) is 0.368. The van der Waals surface area contributed by atoms with Crippen LogP contribution in [-0.2, 0) is 20.0 Å². The van der Waals surface area contributed by atoms with Crippen LogP contribution in [0, 0.1) is 0 Å². The van der Waals surface area contributed by atoms with Gasteiger partial charge < -0.3 is 14.7 Å². The Balaban J connectivity index is 1.60. The third-order valence-corrected chi connectivity index (χ3v) is 4.25. The fourth-order valence-electron chi connectivity index (χ4n) is 2.73. The molecule has 0 aliphatic carbocycles. The molecule has 0 aliphatic heterocycles. The van der Waals surface area contributed by atoms with Crippen molar-refractivity contribution in [1.82, 2.24) is 30.1 Å². The molecule has 3 rings (SSSR count). The van der Waals surface area contributed by atoms with Gasteiger partial charge in [-0.15, -0.1) is 0 Å². The molecular formula is C19H24ClN7O. The summed E-state index contributed by atoms with van der Waals surface area (Å²) in [5, 5.41) is 12.2. The molecule has 2 aromatic heterocycles. The summed E-state index contributed by atoms with van der Waals surface area (Å²) < 4.78 is 7.13. The van der Waals surface area contributed by atoms with Gasteiger partial charge in [-0.3, -0.25) is 9.67 Å². The van der Waals surface area contributed by atoms with Gasteiger partial charge in [-0.25, -0.2) is 0 Å². The van der Waals surface area contributed by atoms with E-state index in [1.54, 1.807) is 4.68 Å². The smallest absolute Gasteiger partial charge is 0.228 e. The molecule has 3 aromatic rings. The number of hydrogen-bond donors (Lipinski definition) is 1. The Hall–Kier alpha value is -2.87. The molecule has 0 amide bonds. The Bertz CT molecular complexity index is 934. The van der Waals surface area contributed by atoms with E-state index in [2.05, 4.69) is 30.4 Å². The quantitative estimate of drug-likeness (QED) is 0.484.